The van der Waals surface area contributed by atoms with E-state index in [0.29, 0.717) is 19.0 Å². The third-order valence-corrected chi connectivity index (χ3v) is 6.66. The Bertz CT molecular complexity index is 961. The maximum Gasteiger partial charge on any atom is 0.130 e. The molecule has 4 heterocycles. The number of ether oxygens (including phenoxy) is 1. The minimum atomic E-state index is 0.561. The van der Waals surface area contributed by atoms with E-state index in [2.05, 4.69) is 60.0 Å². The van der Waals surface area contributed by atoms with Crippen LogP contribution in [0.15, 0.2) is 42.2 Å². The zero-order valence-corrected chi connectivity index (χ0v) is 19.1. The summed E-state index contributed by atoms with van der Waals surface area (Å²) in [5.74, 6) is 0.561. The van der Waals surface area contributed by atoms with Gasteiger partial charge in [0.05, 0.1) is 25.1 Å². The highest BCUT2D eigenvalue weighted by Gasteiger charge is 2.28. The number of hydrogen-bond acceptors (Lipinski definition) is 7. The van der Waals surface area contributed by atoms with E-state index in [-0.39, 0.29) is 0 Å². The highest BCUT2D eigenvalue weighted by atomic mass is 16.5. The monoisotopic (exact) mass is 450 g/mol. The second kappa shape index (κ2) is 10.5. The highest BCUT2D eigenvalue weighted by molar-refractivity contribution is 6.14. The minimum Gasteiger partial charge on any atom is -0.379 e. The van der Waals surface area contributed by atoms with Gasteiger partial charge in [0.15, 0.2) is 0 Å². The van der Waals surface area contributed by atoms with Crippen molar-refractivity contribution in [3.8, 4) is 0 Å². The van der Waals surface area contributed by atoms with Gasteiger partial charge < -0.3 is 25.3 Å². The van der Waals surface area contributed by atoms with E-state index in [1.54, 1.807) is 0 Å². The molecule has 1 aromatic heterocycles. The molecule has 0 radical (unpaired) electrons. The second-order valence-corrected chi connectivity index (χ2v) is 8.81. The summed E-state index contributed by atoms with van der Waals surface area (Å²) in [5, 5.41) is 21.7. The number of amidine groups is 1. The molecule has 3 saturated heterocycles. The number of benzene rings is 1. The lowest BCUT2D eigenvalue weighted by atomic mass is 10.1. The van der Waals surface area contributed by atoms with Crippen LogP contribution in [0.3, 0.4) is 0 Å². The Kier molecular flexibility index (Phi) is 7.01. The van der Waals surface area contributed by atoms with Gasteiger partial charge in [0, 0.05) is 75.4 Å². The quantitative estimate of drug-likeness (QED) is 0.505. The summed E-state index contributed by atoms with van der Waals surface area (Å²) in [6, 6.07) is 8.71. The molecule has 0 aliphatic carbocycles. The lowest BCUT2D eigenvalue weighted by Gasteiger charge is -2.30. The fourth-order valence-corrected chi connectivity index (χ4v) is 4.75. The predicted octanol–water partition coefficient (Wildman–Crippen LogP) is 1.29. The van der Waals surface area contributed by atoms with Crippen molar-refractivity contribution in [1.29, 1.82) is 5.41 Å². The maximum atomic E-state index is 9.02. The highest BCUT2D eigenvalue weighted by Crippen LogP contribution is 2.30. The molecule has 1 aromatic carbocycles. The van der Waals surface area contributed by atoms with Gasteiger partial charge in [0.1, 0.15) is 5.84 Å². The minimum absolute atomic E-state index is 0.561. The van der Waals surface area contributed by atoms with Crippen LogP contribution in [0.1, 0.15) is 17.5 Å². The van der Waals surface area contributed by atoms with Gasteiger partial charge in [0.25, 0.3) is 0 Å². The Morgan fingerprint density at radius 3 is 2.76 bits per heavy atom. The molecule has 4 N–H and O–H groups in total. The normalized spacial score (nSPS) is 22.1. The molecule has 5 rings (SSSR count). The molecular weight excluding hydrogens is 416 g/mol. The topological polar surface area (TPSA) is 95.5 Å². The molecule has 0 spiro atoms. The van der Waals surface area contributed by atoms with Crippen LogP contribution < -0.4 is 15.6 Å². The third-order valence-electron chi connectivity index (χ3n) is 6.66. The zero-order chi connectivity index (χ0) is 22.5. The average molecular weight is 451 g/mol. The number of hydrazine groups is 1. The van der Waals surface area contributed by atoms with Crippen molar-refractivity contribution >= 4 is 17.2 Å². The van der Waals surface area contributed by atoms with Crippen LogP contribution in [0, 0.1) is 5.41 Å². The molecule has 9 heteroatoms. The van der Waals surface area contributed by atoms with Crippen molar-refractivity contribution in [3.63, 3.8) is 0 Å². The fourth-order valence-electron chi connectivity index (χ4n) is 4.75. The smallest absolute Gasteiger partial charge is 0.130 e. The van der Waals surface area contributed by atoms with Gasteiger partial charge >= 0.3 is 0 Å². The fraction of sp³-hybridized carbons (Fsp3) is 0.500. The van der Waals surface area contributed by atoms with Crippen LogP contribution in [0.4, 0.5) is 5.69 Å². The van der Waals surface area contributed by atoms with E-state index >= 15 is 0 Å². The van der Waals surface area contributed by atoms with Gasteiger partial charge in [-0.1, -0.05) is 12.1 Å². The Labute approximate surface area is 195 Å². The SMILES string of the molecule is N=C1/C(=C(\NN2CCOCC2)c2cn[nH]c2)CCN1c1cccc(CCN2CCNCC2)c1. The Morgan fingerprint density at radius 1 is 1.12 bits per heavy atom. The molecule has 0 atom stereocenters. The van der Waals surface area contributed by atoms with Gasteiger partial charge in [0.2, 0.25) is 0 Å². The maximum absolute atomic E-state index is 9.02. The summed E-state index contributed by atoms with van der Waals surface area (Å²) in [6.07, 6.45) is 5.57. The third kappa shape index (κ3) is 5.27. The number of rotatable bonds is 7. The predicted molar refractivity (Wildman–Crippen MR) is 130 cm³/mol. The summed E-state index contributed by atoms with van der Waals surface area (Å²) in [7, 11) is 0. The first kappa shape index (κ1) is 22.1. The lowest BCUT2D eigenvalue weighted by Crippen LogP contribution is -2.45. The van der Waals surface area contributed by atoms with Crippen LogP contribution in [0.2, 0.25) is 0 Å². The van der Waals surface area contributed by atoms with E-state index in [9.17, 15) is 0 Å². The first-order valence-corrected chi connectivity index (χ1v) is 12.0. The number of piperazine rings is 1. The summed E-state index contributed by atoms with van der Waals surface area (Å²) in [4.78, 5) is 4.65. The molecule has 3 aliphatic rings. The van der Waals surface area contributed by atoms with E-state index < -0.39 is 0 Å². The summed E-state index contributed by atoms with van der Waals surface area (Å²) < 4.78 is 5.49. The molecule has 0 unspecified atom stereocenters. The molecule has 176 valence electrons. The lowest BCUT2D eigenvalue weighted by molar-refractivity contribution is 0.0229. The van der Waals surface area contributed by atoms with Crippen molar-refractivity contribution < 1.29 is 4.74 Å². The number of anilines is 1. The zero-order valence-electron chi connectivity index (χ0n) is 19.1. The summed E-state index contributed by atoms with van der Waals surface area (Å²) >= 11 is 0. The van der Waals surface area contributed by atoms with Crippen LogP contribution in [-0.2, 0) is 11.2 Å². The van der Waals surface area contributed by atoms with Crippen molar-refractivity contribution in [2.24, 2.45) is 0 Å². The van der Waals surface area contributed by atoms with Crippen molar-refractivity contribution in [1.82, 2.24) is 30.8 Å². The molecule has 3 fully saturated rings. The molecule has 0 bridgehead atoms. The molecule has 2 aromatic rings. The van der Waals surface area contributed by atoms with Gasteiger partial charge in [-0.2, -0.15) is 5.10 Å². The first-order valence-electron chi connectivity index (χ1n) is 12.0. The number of nitrogens with zero attached hydrogens (tertiary/aromatic N) is 4. The summed E-state index contributed by atoms with van der Waals surface area (Å²) in [5.41, 5.74) is 8.97. The summed E-state index contributed by atoms with van der Waals surface area (Å²) in [6.45, 7) is 9.37. The van der Waals surface area contributed by atoms with E-state index in [0.717, 1.165) is 87.7 Å². The standard InChI is InChI=1S/C24H34N8O/c25-24-22(23(20-17-27-28-18-20)29-31-12-14-33-15-13-31)5-9-32(24)21-3-1-2-19(16-21)4-8-30-10-6-26-7-11-30/h1-3,16-18,25-26,29H,4-15H2,(H,27,28)/b23-22-,25-24?. The number of aromatic amines is 1. The molecule has 0 saturated carbocycles. The van der Waals surface area contributed by atoms with E-state index in [1.807, 2.05) is 12.4 Å². The molecule has 3 aliphatic heterocycles. The molecule has 0 amide bonds. The van der Waals surface area contributed by atoms with Crippen molar-refractivity contribution in [2.75, 3.05) is 70.5 Å². The largest absolute Gasteiger partial charge is 0.379 e. The molecule has 9 nitrogen and oxygen atoms in total. The van der Waals surface area contributed by atoms with Crippen LogP contribution in [0.5, 0.6) is 0 Å². The second-order valence-electron chi connectivity index (χ2n) is 8.81. The number of aromatic nitrogens is 2. The first-order chi connectivity index (χ1) is 16.3. The number of hydrogen-bond donors (Lipinski definition) is 4. The van der Waals surface area contributed by atoms with E-state index in [1.165, 1.54) is 5.56 Å². The Morgan fingerprint density at radius 2 is 1.97 bits per heavy atom. The number of nitrogens with one attached hydrogen (secondary N) is 4. The number of morpholine rings is 1. The Hall–Kier alpha value is -2.72. The molecule has 33 heavy (non-hydrogen) atoms. The van der Waals surface area contributed by atoms with E-state index in [4.69, 9.17) is 10.1 Å². The Balaban J connectivity index is 1.32. The average Bonchev–Trinajstić information content (AvgIpc) is 3.53. The van der Waals surface area contributed by atoms with Crippen molar-refractivity contribution in [3.05, 3.63) is 53.4 Å². The van der Waals surface area contributed by atoms with Gasteiger partial charge in [-0.05, 0) is 30.5 Å². The van der Waals surface area contributed by atoms with Gasteiger partial charge in [-0.25, -0.2) is 5.01 Å². The van der Waals surface area contributed by atoms with Gasteiger partial charge in [-0.15, -0.1) is 0 Å². The number of H-pyrrole nitrogens is 1. The van der Waals surface area contributed by atoms with Crippen LogP contribution >= 0.6 is 0 Å². The molecular formula is C24H34N8O. The van der Waals surface area contributed by atoms with Crippen LogP contribution in [-0.4, -0.2) is 91.5 Å². The van der Waals surface area contributed by atoms with Crippen LogP contribution in [0.25, 0.3) is 5.70 Å². The van der Waals surface area contributed by atoms with Gasteiger partial charge in [-0.3, -0.25) is 10.5 Å². The van der Waals surface area contributed by atoms with Crippen molar-refractivity contribution in [2.45, 2.75) is 12.8 Å².